The number of hydrogen-bond donors (Lipinski definition) is 1. The molecule has 19 heavy (non-hydrogen) atoms. The van der Waals surface area contributed by atoms with E-state index in [1.165, 1.54) is 6.07 Å². The van der Waals surface area contributed by atoms with Crippen molar-refractivity contribution in [3.8, 4) is 0 Å². The van der Waals surface area contributed by atoms with Gasteiger partial charge in [-0.15, -0.1) is 0 Å². The first-order valence-corrected chi connectivity index (χ1v) is 6.30. The van der Waals surface area contributed by atoms with Crippen molar-refractivity contribution in [2.24, 2.45) is 0 Å². The van der Waals surface area contributed by atoms with Crippen molar-refractivity contribution in [1.82, 2.24) is 0 Å². The number of para-hydroxylation sites is 1. The van der Waals surface area contributed by atoms with Gasteiger partial charge < -0.3 is 10.0 Å². The molecule has 102 valence electrons. The molecule has 0 radical (unpaired) electrons. The van der Waals surface area contributed by atoms with E-state index < -0.39 is 10.9 Å². The maximum absolute atomic E-state index is 11.1. The summed E-state index contributed by atoms with van der Waals surface area (Å²) in [5.74, 6) is -0.921. The molecule has 2 rings (SSSR count). The maximum atomic E-state index is 11.1. The lowest BCUT2D eigenvalue weighted by molar-refractivity contribution is -0.384. The molecule has 0 saturated heterocycles. The number of nitro groups is 1. The van der Waals surface area contributed by atoms with Crippen LogP contribution >= 0.6 is 11.6 Å². The lowest BCUT2D eigenvalue weighted by Crippen LogP contribution is -2.29. The molecule has 1 aromatic rings. The first-order valence-electron chi connectivity index (χ1n) is 5.92. The Balaban J connectivity index is 2.33. The average molecular weight is 285 g/mol. The molecule has 0 unspecified atom stereocenters. The molecule has 1 fully saturated rings. The van der Waals surface area contributed by atoms with E-state index >= 15 is 0 Å². The summed E-state index contributed by atoms with van der Waals surface area (Å²) in [4.78, 5) is 23.0. The second kappa shape index (κ2) is 5.44. The molecular weight excluding hydrogens is 272 g/mol. The van der Waals surface area contributed by atoms with Crippen LogP contribution in [0.3, 0.4) is 0 Å². The second-order valence-electron chi connectivity index (χ2n) is 4.43. The summed E-state index contributed by atoms with van der Waals surface area (Å²) in [5, 5.41) is 19.9. The predicted molar refractivity (Wildman–Crippen MR) is 70.7 cm³/mol. The molecule has 1 N–H and O–H groups in total. The molecule has 1 saturated carbocycles. The van der Waals surface area contributed by atoms with Gasteiger partial charge in [-0.05, 0) is 25.0 Å². The second-order valence-corrected chi connectivity index (χ2v) is 4.84. The molecule has 0 aromatic heterocycles. The van der Waals surface area contributed by atoms with Crippen molar-refractivity contribution in [2.75, 3.05) is 11.4 Å². The third-order valence-electron chi connectivity index (χ3n) is 3.01. The SMILES string of the molecule is O=C(O)CCN(c1cccc(Cl)c1[N+](=O)[O-])C1CC1. The lowest BCUT2D eigenvalue weighted by atomic mass is 10.2. The fourth-order valence-electron chi connectivity index (χ4n) is 2.02. The van der Waals surface area contributed by atoms with E-state index in [2.05, 4.69) is 0 Å². The van der Waals surface area contributed by atoms with Crippen LogP contribution in [0.15, 0.2) is 18.2 Å². The van der Waals surface area contributed by atoms with Gasteiger partial charge in [0, 0.05) is 12.6 Å². The Labute approximate surface area is 114 Å². The summed E-state index contributed by atoms with van der Waals surface area (Å²) in [6, 6.07) is 4.90. The molecule has 1 aliphatic carbocycles. The Morgan fingerprint density at radius 1 is 1.53 bits per heavy atom. The number of carboxylic acid groups (broad SMARTS) is 1. The Bertz CT molecular complexity index is 516. The summed E-state index contributed by atoms with van der Waals surface area (Å²) in [7, 11) is 0. The highest BCUT2D eigenvalue weighted by Gasteiger charge is 2.34. The van der Waals surface area contributed by atoms with Crippen LogP contribution < -0.4 is 4.90 Å². The monoisotopic (exact) mass is 284 g/mol. The molecule has 0 amide bonds. The minimum Gasteiger partial charge on any atom is -0.481 e. The number of hydrogen-bond acceptors (Lipinski definition) is 4. The van der Waals surface area contributed by atoms with Gasteiger partial charge in [0.25, 0.3) is 0 Å². The summed E-state index contributed by atoms with van der Waals surface area (Å²) in [6.07, 6.45) is 1.78. The number of halogens is 1. The zero-order chi connectivity index (χ0) is 14.0. The topological polar surface area (TPSA) is 83.7 Å². The first kappa shape index (κ1) is 13.6. The van der Waals surface area contributed by atoms with Crippen molar-refractivity contribution in [1.29, 1.82) is 0 Å². The summed E-state index contributed by atoms with van der Waals surface area (Å²) in [6.45, 7) is 0.251. The van der Waals surface area contributed by atoms with Crippen LogP contribution in [0.1, 0.15) is 19.3 Å². The quantitative estimate of drug-likeness (QED) is 0.641. The Kier molecular flexibility index (Phi) is 3.90. The molecule has 0 spiro atoms. The molecule has 7 heteroatoms. The van der Waals surface area contributed by atoms with Gasteiger partial charge in [0.05, 0.1) is 11.3 Å². The van der Waals surface area contributed by atoms with E-state index in [1.807, 2.05) is 0 Å². The molecule has 0 bridgehead atoms. The van der Waals surface area contributed by atoms with Crippen LogP contribution in [0.4, 0.5) is 11.4 Å². The zero-order valence-corrected chi connectivity index (χ0v) is 10.8. The van der Waals surface area contributed by atoms with Gasteiger partial charge in [0.1, 0.15) is 10.7 Å². The number of anilines is 1. The van der Waals surface area contributed by atoms with E-state index in [1.54, 1.807) is 17.0 Å². The van der Waals surface area contributed by atoms with Gasteiger partial charge in [0.2, 0.25) is 0 Å². The third kappa shape index (κ3) is 3.14. The smallest absolute Gasteiger partial charge is 0.310 e. The minimum atomic E-state index is -0.921. The number of rotatable bonds is 6. The Morgan fingerprint density at radius 3 is 2.74 bits per heavy atom. The van der Waals surface area contributed by atoms with Gasteiger partial charge in [-0.25, -0.2) is 0 Å². The predicted octanol–water partition coefficient (Wildman–Crippen LogP) is 2.69. The number of benzene rings is 1. The molecule has 0 atom stereocenters. The maximum Gasteiger partial charge on any atom is 0.310 e. The van der Waals surface area contributed by atoms with E-state index in [0.717, 1.165) is 12.8 Å². The highest BCUT2D eigenvalue weighted by Crippen LogP contribution is 2.40. The molecule has 1 aliphatic rings. The van der Waals surface area contributed by atoms with Gasteiger partial charge in [0.15, 0.2) is 0 Å². The van der Waals surface area contributed by atoms with Gasteiger partial charge >= 0.3 is 11.7 Å². The van der Waals surface area contributed by atoms with Crippen molar-refractivity contribution in [3.63, 3.8) is 0 Å². The fraction of sp³-hybridized carbons (Fsp3) is 0.417. The molecule has 1 aromatic carbocycles. The van der Waals surface area contributed by atoms with E-state index in [0.29, 0.717) is 5.69 Å². The number of carbonyl (C=O) groups is 1. The van der Waals surface area contributed by atoms with Crippen molar-refractivity contribution >= 4 is 28.9 Å². The van der Waals surface area contributed by atoms with Crippen LogP contribution in [-0.4, -0.2) is 28.6 Å². The first-order chi connectivity index (χ1) is 9.00. The van der Waals surface area contributed by atoms with E-state index in [-0.39, 0.29) is 29.7 Å². The molecule has 0 aliphatic heterocycles. The van der Waals surface area contributed by atoms with Crippen molar-refractivity contribution in [2.45, 2.75) is 25.3 Å². The molecular formula is C12H13ClN2O4. The van der Waals surface area contributed by atoms with Crippen LogP contribution in [-0.2, 0) is 4.79 Å². The Hall–Kier alpha value is -1.82. The minimum absolute atomic E-state index is 0.0554. The van der Waals surface area contributed by atoms with Crippen LogP contribution in [0.2, 0.25) is 5.02 Å². The van der Waals surface area contributed by atoms with Gasteiger partial charge in [-0.1, -0.05) is 17.7 Å². The van der Waals surface area contributed by atoms with Gasteiger partial charge in [-0.2, -0.15) is 0 Å². The standard InChI is InChI=1S/C12H13ClN2O4/c13-9-2-1-3-10(12(9)15(18)19)14(8-4-5-8)7-6-11(16)17/h1-3,8H,4-7H2,(H,16,17). The highest BCUT2D eigenvalue weighted by molar-refractivity contribution is 6.33. The van der Waals surface area contributed by atoms with Crippen LogP contribution in [0, 0.1) is 10.1 Å². The van der Waals surface area contributed by atoms with E-state index in [4.69, 9.17) is 16.7 Å². The molecule has 6 nitrogen and oxygen atoms in total. The fourth-order valence-corrected chi connectivity index (χ4v) is 2.26. The lowest BCUT2D eigenvalue weighted by Gasteiger charge is -2.23. The average Bonchev–Trinajstić information content (AvgIpc) is 3.12. The highest BCUT2D eigenvalue weighted by atomic mass is 35.5. The number of nitro benzene ring substituents is 1. The summed E-state index contributed by atoms with van der Waals surface area (Å²) < 4.78 is 0. The molecule has 0 heterocycles. The van der Waals surface area contributed by atoms with E-state index in [9.17, 15) is 14.9 Å². The third-order valence-corrected chi connectivity index (χ3v) is 3.32. The Morgan fingerprint density at radius 2 is 2.21 bits per heavy atom. The number of nitrogens with zero attached hydrogens (tertiary/aromatic N) is 2. The largest absolute Gasteiger partial charge is 0.481 e. The number of aliphatic carboxylic acids is 1. The van der Waals surface area contributed by atoms with Crippen LogP contribution in [0.25, 0.3) is 0 Å². The van der Waals surface area contributed by atoms with Crippen molar-refractivity contribution < 1.29 is 14.8 Å². The summed E-state index contributed by atoms with van der Waals surface area (Å²) in [5.41, 5.74) is 0.253. The number of carboxylic acids is 1. The van der Waals surface area contributed by atoms with Crippen LogP contribution in [0.5, 0.6) is 0 Å². The zero-order valence-electron chi connectivity index (χ0n) is 10.1. The summed E-state index contributed by atoms with van der Waals surface area (Å²) >= 11 is 5.87. The normalized spacial score (nSPS) is 14.2. The van der Waals surface area contributed by atoms with Crippen molar-refractivity contribution in [3.05, 3.63) is 33.3 Å². The van der Waals surface area contributed by atoms with Gasteiger partial charge in [-0.3, -0.25) is 14.9 Å².